The second-order valence-corrected chi connectivity index (χ2v) is 4.67. The van der Waals surface area contributed by atoms with Crippen LogP contribution in [0.5, 0.6) is 0 Å². The van der Waals surface area contributed by atoms with Gasteiger partial charge in [-0.2, -0.15) is 0 Å². The van der Waals surface area contributed by atoms with Crippen molar-refractivity contribution in [1.82, 2.24) is 9.38 Å². The normalized spacial score (nSPS) is 11.9. The van der Waals surface area contributed by atoms with E-state index in [9.17, 15) is 9.90 Å². The van der Waals surface area contributed by atoms with Crippen LogP contribution in [0.4, 0.5) is 0 Å². The van der Waals surface area contributed by atoms with Crippen molar-refractivity contribution in [3.63, 3.8) is 0 Å². The minimum Gasteiger partial charge on any atom is -0.481 e. The van der Waals surface area contributed by atoms with Crippen LogP contribution in [0.3, 0.4) is 0 Å². The molecule has 2 rings (SSSR count). The van der Waals surface area contributed by atoms with E-state index in [2.05, 4.69) is 4.98 Å². The van der Waals surface area contributed by atoms with E-state index in [0.717, 1.165) is 11.3 Å². The molecule has 0 radical (unpaired) electrons. The summed E-state index contributed by atoms with van der Waals surface area (Å²) in [6, 6.07) is 5.78. The molecule has 0 spiro atoms. The van der Waals surface area contributed by atoms with Crippen LogP contribution < -0.4 is 0 Å². The molecule has 0 aromatic carbocycles. The summed E-state index contributed by atoms with van der Waals surface area (Å²) in [6.45, 7) is 3.85. The fourth-order valence-electron chi connectivity index (χ4n) is 2.30. The number of aromatic nitrogens is 2. The van der Waals surface area contributed by atoms with E-state index in [1.807, 2.05) is 48.8 Å². The maximum absolute atomic E-state index is 11.5. The first-order valence-corrected chi connectivity index (χ1v) is 6.27. The van der Waals surface area contributed by atoms with Gasteiger partial charge < -0.3 is 9.51 Å². The fraction of sp³-hybridized carbons (Fsp3) is 0.429. The summed E-state index contributed by atoms with van der Waals surface area (Å²) in [5.41, 5.74) is 1.00. The van der Waals surface area contributed by atoms with Crippen LogP contribution in [-0.4, -0.2) is 20.5 Å². The lowest BCUT2D eigenvalue weighted by atomic mass is 9.78. The number of carboxylic acids is 1. The minimum absolute atomic E-state index is 0.483. The summed E-state index contributed by atoms with van der Waals surface area (Å²) >= 11 is 0. The van der Waals surface area contributed by atoms with Gasteiger partial charge >= 0.3 is 5.97 Å². The molecule has 0 aliphatic carbocycles. The van der Waals surface area contributed by atoms with Crippen LogP contribution in [0, 0.1) is 5.41 Å². The number of aliphatic carboxylic acids is 1. The zero-order valence-electron chi connectivity index (χ0n) is 10.8. The molecule has 1 N–H and O–H groups in total. The van der Waals surface area contributed by atoms with Gasteiger partial charge in [0.15, 0.2) is 0 Å². The van der Waals surface area contributed by atoms with Crippen molar-refractivity contribution >= 4 is 11.6 Å². The zero-order chi connectivity index (χ0) is 13.2. The van der Waals surface area contributed by atoms with Crippen molar-refractivity contribution in [3.8, 4) is 0 Å². The van der Waals surface area contributed by atoms with Gasteiger partial charge in [0.25, 0.3) is 0 Å². The second-order valence-electron chi connectivity index (χ2n) is 4.67. The molecule has 0 saturated carbocycles. The molecule has 96 valence electrons. The third kappa shape index (κ3) is 2.10. The molecule has 2 aromatic rings. The minimum atomic E-state index is -0.732. The van der Waals surface area contributed by atoms with Gasteiger partial charge in [-0.3, -0.25) is 4.79 Å². The van der Waals surface area contributed by atoms with Gasteiger partial charge in [0, 0.05) is 18.8 Å². The van der Waals surface area contributed by atoms with Gasteiger partial charge in [-0.1, -0.05) is 19.9 Å². The topological polar surface area (TPSA) is 54.6 Å². The largest absolute Gasteiger partial charge is 0.481 e. The van der Waals surface area contributed by atoms with Crippen molar-refractivity contribution < 1.29 is 9.90 Å². The molecule has 0 bridgehead atoms. The summed E-state index contributed by atoms with van der Waals surface area (Å²) in [7, 11) is 0. The Morgan fingerprint density at radius 3 is 2.67 bits per heavy atom. The Morgan fingerprint density at radius 1 is 1.39 bits per heavy atom. The molecule has 0 amide bonds. The molecule has 2 aromatic heterocycles. The molecule has 0 fully saturated rings. The van der Waals surface area contributed by atoms with E-state index in [0.29, 0.717) is 19.3 Å². The number of imidazole rings is 1. The van der Waals surface area contributed by atoms with E-state index in [1.54, 1.807) is 0 Å². The smallest absolute Gasteiger partial charge is 0.310 e. The lowest BCUT2D eigenvalue weighted by molar-refractivity contribution is -0.149. The van der Waals surface area contributed by atoms with Gasteiger partial charge in [0.05, 0.1) is 11.1 Å². The molecular weight excluding hydrogens is 228 g/mol. The molecule has 0 aliphatic heterocycles. The second kappa shape index (κ2) is 4.80. The maximum Gasteiger partial charge on any atom is 0.310 e. The number of fused-ring (bicyclic) bond motifs is 1. The zero-order valence-corrected chi connectivity index (χ0v) is 10.8. The molecule has 0 unspecified atom stereocenters. The highest BCUT2D eigenvalue weighted by Crippen LogP contribution is 2.31. The molecule has 18 heavy (non-hydrogen) atoms. The van der Waals surface area contributed by atoms with Gasteiger partial charge in [0.2, 0.25) is 0 Å². The van der Waals surface area contributed by atoms with Crippen LogP contribution in [0.2, 0.25) is 0 Å². The molecule has 4 heteroatoms. The predicted molar refractivity (Wildman–Crippen MR) is 69.5 cm³/mol. The summed E-state index contributed by atoms with van der Waals surface area (Å²) in [6.07, 6.45) is 5.56. The average molecular weight is 246 g/mol. The van der Waals surface area contributed by atoms with Crippen molar-refractivity contribution in [3.05, 3.63) is 36.3 Å². The number of carboxylic acid groups (broad SMARTS) is 1. The van der Waals surface area contributed by atoms with Crippen molar-refractivity contribution in [1.29, 1.82) is 0 Å². The third-order valence-corrected chi connectivity index (χ3v) is 3.74. The Bertz CT molecular complexity index is 523. The highest BCUT2D eigenvalue weighted by Gasteiger charge is 2.35. The lowest BCUT2D eigenvalue weighted by Crippen LogP contribution is -2.32. The van der Waals surface area contributed by atoms with Crippen LogP contribution in [-0.2, 0) is 11.2 Å². The lowest BCUT2D eigenvalue weighted by Gasteiger charge is -2.25. The van der Waals surface area contributed by atoms with Crippen molar-refractivity contribution in [2.24, 2.45) is 5.41 Å². The van der Waals surface area contributed by atoms with E-state index >= 15 is 0 Å². The fourth-order valence-corrected chi connectivity index (χ4v) is 2.30. The first kappa shape index (κ1) is 12.6. The Labute approximate surface area is 106 Å². The molecule has 0 saturated heterocycles. The van der Waals surface area contributed by atoms with Gasteiger partial charge in [-0.05, 0) is 25.0 Å². The van der Waals surface area contributed by atoms with Crippen LogP contribution in [0.25, 0.3) is 5.65 Å². The molecule has 0 aliphatic rings. The first-order valence-electron chi connectivity index (χ1n) is 6.27. The van der Waals surface area contributed by atoms with Gasteiger partial charge in [-0.25, -0.2) is 4.98 Å². The standard InChI is InChI=1S/C14H18N2O2/c1-3-14(4-2,13(17)18)9-11-10-16-8-6-5-7-12(16)15-11/h5-8,10H,3-4,9H2,1-2H3,(H,17,18). The van der Waals surface area contributed by atoms with E-state index in [4.69, 9.17) is 0 Å². The highest BCUT2D eigenvalue weighted by molar-refractivity contribution is 5.74. The van der Waals surface area contributed by atoms with E-state index < -0.39 is 11.4 Å². The Kier molecular flexibility index (Phi) is 3.36. The Morgan fingerprint density at radius 2 is 2.11 bits per heavy atom. The quantitative estimate of drug-likeness (QED) is 0.882. The van der Waals surface area contributed by atoms with Crippen molar-refractivity contribution in [2.45, 2.75) is 33.1 Å². The summed E-state index contributed by atoms with van der Waals surface area (Å²) in [5.74, 6) is -0.732. The van der Waals surface area contributed by atoms with Crippen LogP contribution >= 0.6 is 0 Å². The molecular formula is C14H18N2O2. The molecule has 4 nitrogen and oxygen atoms in total. The Hall–Kier alpha value is -1.84. The van der Waals surface area contributed by atoms with E-state index in [1.165, 1.54) is 0 Å². The summed E-state index contributed by atoms with van der Waals surface area (Å²) < 4.78 is 1.92. The van der Waals surface area contributed by atoms with Crippen LogP contribution in [0.15, 0.2) is 30.6 Å². The van der Waals surface area contributed by atoms with Crippen molar-refractivity contribution in [2.75, 3.05) is 0 Å². The highest BCUT2D eigenvalue weighted by atomic mass is 16.4. The number of hydrogen-bond donors (Lipinski definition) is 1. The number of hydrogen-bond acceptors (Lipinski definition) is 2. The number of pyridine rings is 1. The maximum atomic E-state index is 11.5. The van der Waals surface area contributed by atoms with Crippen LogP contribution in [0.1, 0.15) is 32.4 Å². The Balaban J connectivity index is 2.34. The molecule has 2 heterocycles. The predicted octanol–water partition coefficient (Wildman–Crippen LogP) is 2.77. The number of rotatable bonds is 5. The average Bonchev–Trinajstić information content (AvgIpc) is 2.77. The monoisotopic (exact) mass is 246 g/mol. The SMILES string of the molecule is CCC(CC)(Cc1cn2ccccc2n1)C(=O)O. The number of carbonyl (C=O) groups is 1. The van der Waals surface area contributed by atoms with E-state index in [-0.39, 0.29) is 0 Å². The van der Waals surface area contributed by atoms with Gasteiger partial charge in [-0.15, -0.1) is 0 Å². The summed E-state index contributed by atoms with van der Waals surface area (Å²) in [4.78, 5) is 15.9. The first-order chi connectivity index (χ1) is 8.61. The third-order valence-electron chi connectivity index (χ3n) is 3.74. The van der Waals surface area contributed by atoms with Gasteiger partial charge in [0.1, 0.15) is 5.65 Å². The molecule has 0 atom stereocenters. The number of nitrogens with zero attached hydrogens (tertiary/aromatic N) is 2. The summed E-state index contributed by atoms with van der Waals surface area (Å²) in [5, 5.41) is 9.43.